The Morgan fingerprint density at radius 3 is 2.72 bits per heavy atom. The lowest BCUT2D eigenvalue weighted by atomic mass is 9.98. The Morgan fingerprint density at radius 2 is 2.00 bits per heavy atom. The van der Waals surface area contributed by atoms with Crippen LogP contribution >= 0.6 is 11.3 Å². The van der Waals surface area contributed by atoms with E-state index in [1.807, 2.05) is 36.9 Å². The number of hydrogen-bond acceptors (Lipinski definition) is 6. The number of fused-ring (bicyclic) bond motifs is 1. The van der Waals surface area contributed by atoms with Gasteiger partial charge >= 0.3 is 0 Å². The number of carbonyl (C=O) groups is 2. The van der Waals surface area contributed by atoms with Crippen molar-refractivity contribution in [3.8, 4) is 10.4 Å². The molecule has 1 fully saturated rings. The van der Waals surface area contributed by atoms with Crippen LogP contribution in [0.1, 0.15) is 43.7 Å². The van der Waals surface area contributed by atoms with Gasteiger partial charge in [0, 0.05) is 19.0 Å². The summed E-state index contributed by atoms with van der Waals surface area (Å²) in [7, 11) is 0. The van der Waals surface area contributed by atoms with Crippen LogP contribution in [0.3, 0.4) is 0 Å². The van der Waals surface area contributed by atoms with Crippen molar-refractivity contribution in [2.45, 2.75) is 32.7 Å². The number of benzene rings is 2. The number of nitrogens with two attached hydrogens (primary N) is 1. The Kier molecular flexibility index (Phi) is 5.01. The zero-order chi connectivity index (χ0) is 22.4. The molecule has 0 aliphatic carbocycles. The number of thiazole rings is 1. The molecule has 5 rings (SSSR count). The van der Waals surface area contributed by atoms with Crippen LogP contribution in [0.4, 0.5) is 0 Å². The van der Waals surface area contributed by atoms with E-state index in [1.54, 1.807) is 18.2 Å². The number of rotatable bonds is 5. The molecule has 1 saturated heterocycles. The van der Waals surface area contributed by atoms with Crippen molar-refractivity contribution in [1.29, 1.82) is 0 Å². The van der Waals surface area contributed by atoms with E-state index in [4.69, 9.17) is 10.2 Å². The third-order valence-corrected chi connectivity index (χ3v) is 6.78. The second kappa shape index (κ2) is 7.87. The van der Waals surface area contributed by atoms with Crippen molar-refractivity contribution in [1.82, 2.24) is 14.9 Å². The third-order valence-electron chi connectivity index (χ3n) is 5.76. The zero-order valence-electron chi connectivity index (χ0n) is 17.8. The Hall–Kier alpha value is -3.52. The molecule has 1 atom stereocenters. The number of hydrogen-bond donors (Lipinski definition) is 1. The average molecular weight is 447 g/mol. The molecule has 1 aliphatic heterocycles. The van der Waals surface area contributed by atoms with E-state index >= 15 is 0 Å². The Balaban J connectivity index is 1.40. The van der Waals surface area contributed by atoms with Gasteiger partial charge in [-0.05, 0) is 38.0 Å². The molecule has 162 valence electrons. The molecule has 2 aromatic carbocycles. The summed E-state index contributed by atoms with van der Waals surface area (Å²) in [6.07, 6.45) is 1.33. The molecule has 0 bridgehead atoms. The van der Waals surface area contributed by atoms with E-state index in [9.17, 15) is 9.59 Å². The SMILES string of the molecule is Cc1cccc(-c2sc(C)nc2C(=O)N2CCC2Cc2nc3c(C(N)=O)cccc3o2)c1. The van der Waals surface area contributed by atoms with Gasteiger partial charge in [-0.2, -0.15) is 0 Å². The Morgan fingerprint density at radius 1 is 1.19 bits per heavy atom. The largest absolute Gasteiger partial charge is 0.441 e. The lowest BCUT2D eigenvalue weighted by Crippen LogP contribution is -2.52. The highest BCUT2D eigenvalue weighted by atomic mass is 32.1. The van der Waals surface area contributed by atoms with Gasteiger partial charge in [-0.25, -0.2) is 9.97 Å². The molecule has 4 aromatic rings. The minimum Gasteiger partial charge on any atom is -0.441 e. The van der Waals surface area contributed by atoms with E-state index in [-0.39, 0.29) is 11.9 Å². The molecular formula is C24H22N4O3S. The van der Waals surface area contributed by atoms with Crippen molar-refractivity contribution >= 4 is 34.3 Å². The summed E-state index contributed by atoms with van der Waals surface area (Å²) >= 11 is 1.54. The smallest absolute Gasteiger partial charge is 0.274 e. The number of oxazole rings is 1. The fraction of sp³-hybridized carbons (Fsp3) is 0.250. The summed E-state index contributed by atoms with van der Waals surface area (Å²) in [6, 6.07) is 13.2. The molecule has 1 aliphatic rings. The molecule has 2 aromatic heterocycles. The maximum absolute atomic E-state index is 13.4. The highest BCUT2D eigenvalue weighted by molar-refractivity contribution is 7.15. The van der Waals surface area contributed by atoms with Crippen LogP contribution in [0.15, 0.2) is 46.9 Å². The first kappa shape index (κ1) is 20.4. The summed E-state index contributed by atoms with van der Waals surface area (Å²) in [4.78, 5) is 36.8. The lowest BCUT2D eigenvalue weighted by Gasteiger charge is -2.40. The van der Waals surface area contributed by atoms with E-state index in [1.165, 1.54) is 11.3 Å². The quantitative estimate of drug-likeness (QED) is 0.497. The molecule has 0 saturated carbocycles. The van der Waals surface area contributed by atoms with E-state index in [0.717, 1.165) is 27.4 Å². The Labute approximate surface area is 188 Å². The molecule has 2 N–H and O–H groups in total. The minimum absolute atomic E-state index is 0.0278. The first-order valence-electron chi connectivity index (χ1n) is 10.4. The second-order valence-corrected chi connectivity index (χ2v) is 9.25. The summed E-state index contributed by atoms with van der Waals surface area (Å²) < 4.78 is 5.84. The van der Waals surface area contributed by atoms with E-state index in [0.29, 0.717) is 41.2 Å². The van der Waals surface area contributed by atoms with Crippen LogP contribution in [0, 0.1) is 13.8 Å². The number of aromatic nitrogens is 2. The number of amides is 2. The number of likely N-dealkylation sites (tertiary alicyclic amines) is 1. The van der Waals surface area contributed by atoms with Gasteiger partial charge in [0.05, 0.1) is 15.4 Å². The summed E-state index contributed by atoms with van der Waals surface area (Å²) in [5.74, 6) is -0.126. The molecule has 32 heavy (non-hydrogen) atoms. The third kappa shape index (κ3) is 3.56. The first-order chi connectivity index (χ1) is 15.4. The van der Waals surface area contributed by atoms with E-state index < -0.39 is 5.91 Å². The van der Waals surface area contributed by atoms with Gasteiger partial charge in [0.1, 0.15) is 11.2 Å². The maximum Gasteiger partial charge on any atom is 0.274 e. The predicted molar refractivity (Wildman–Crippen MR) is 123 cm³/mol. The monoisotopic (exact) mass is 446 g/mol. The number of para-hydroxylation sites is 1. The second-order valence-electron chi connectivity index (χ2n) is 8.05. The van der Waals surface area contributed by atoms with Gasteiger partial charge in [0.25, 0.3) is 11.8 Å². The van der Waals surface area contributed by atoms with Crippen molar-refractivity contribution in [3.05, 3.63) is 70.2 Å². The number of nitrogens with zero attached hydrogens (tertiary/aromatic N) is 3. The van der Waals surface area contributed by atoms with E-state index in [2.05, 4.69) is 16.0 Å². The summed E-state index contributed by atoms with van der Waals surface area (Å²) in [5, 5.41) is 0.861. The van der Waals surface area contributed by atoms with Crippen molar-refractivity contribution in [3.63, 3.8) is 0 Å². The number of aryl methyl sites for hydroxylation is 2. The molecular weight excluding hydrogens is 424 g/mol. The maximum atomic E-state index is 13.4. The summed E-state index contributed by atoms with van der Waals surface area (Å²) in [6.45, 7) is 4.62. The Bertz CT molecular complexity index is 1360. The highest BCUT2D eigenvalue weighted by Crippen LogP contribution is 2.34. The molecule has 3 heterocycles. The highest BCUT2D eigenvalue weighted by Gasteiger charge is 2.36. The first-order valence-corrected chi connectivity index (χ1v) is 11.3. The van der Waals surface area contributed by atoms with Crippen LogP contribution in [0.25, 0.3) is 21.5 Å². The molecule has 0 radical (unpaired) electrons. The van der Waals surface area contributed by atoms with Gasteiger partial charge in [0.2, 0.25) is 0 Å². The predicted octanol–water partition coefficient (Wildman–Crippen LogP) is 4.12. The summed E-state index contributed by atoms with van der Waals surface area (Å²) in [5.41, 5.74) is 9.41. The molecule has 2 amide bonds. The molecule has 8 heteroatoms. The van der Waals surface area contributed by atoms with Crippen LogP contribution in [-0.2, 0) is 6.42 Å². The van der Waals surface area contributed by atoms with Gasteiger partial charge in [-0.1, -0.05) is 35.9 Å². The number of primary amides is 1. The number of carbonyl (C=O) groups excluding carboxylic acids is 2. The zero-order valence-corrected chi connectivity index (χ0v) is 18.6. The van der Waals surface area contributed by atoms with Gasteiger partial charge in [-0.15, -0.1) is 11.3 Å². The van der Waals surface area contributed by atoms with Crippen molar-refractivity contribution in [2.75, 3.05) is 6.54 Å². The fourth-order valence-corrected chi connectivity index (χ4v) is 5.00. The van der Waals surface area contributed by atoms with Gasteiger partial charge < -0.3 is 15.1 Å². The van der Waals surface area contributed by atoms with Crippen LogP contribution < -0.4 is 5.73 Å². The van der Waals surface area contributed by atoms with Crippen LogP contribution in [0.5, 0.6) is 0 Å². The normalized spacial score (nSPS) is 15.7. The standard InChI is InChI=1S/C24H22N4O3S/c1-13-5-3-6-15(11-13)22-21(26-14(2)32-22)24(30)28-10-9-16(28)12-19-27-20-17(23(25)29)7-4-8-18(20)31-19/h3-8,11,16H,9-10,12H2,1-2H3,(H2,25,29). The topological polar surface area (TPSA) is 102 Å². The van der Waals surface area contributed by atoms with Crippen LogP contribution in [-0.4, -0.2) is 39.3 Å². The van der Waals surface area contributed by atoms with Crippen molar-refractivity contribution < 1.29 is 14.0 Å². The van der Waals surface area contributed by atoms with Crippen LogP contribution in [0.2, 0.25) is 0 Å². The minimum atomic E-state index is -0.543. The van der Waals surface area contributed by atoms with Gasteiger partial charge in [-0.3, -0.25) is 9.59 Å². The fourth-order valence-electron chi connectivity index (χ4n) is 4.09. The lowest BCUT2D eigenvalue weighted by molar-refractivity contribution is 0.0447. The molecule has 1 unspecified atom stereocenters. The average Bonchev–Trinajstić information content (AvgIpc) is 3.34. The molecule has 0 spiro atoms. The van der Waals surface area contributed by atoms with Crippen molar-refractivity contribution in [2.24, 2.45) is 5.73 Å². The molecule has 7 nitrogen and oxygen atoms in total. The van der Waals surface area contributed by atoms with Gasteiger partial charge in [0.15, 0.2) is 11.5 Å².